The molecule has 6 aromatic rings. The molecule has 0 saturated carbocycles. The molecule has 438 valence electrons. The number of rotatable bonds is 17. The smallest absolute Gasteiger partial charge is 0.341 e. The second kappa shape index (κ2) is 23.8. The van der Waals surface area contributed by atoms with E-state index in [-0.39, 0.29) is 108 Å². The normalized spacial score (nSPS) is 12.0. The number of benzene rings is 7. The fourth-order valence-electron chi connectivity index (χ4n) is 9.70. The largest absolute Gasteiger partial charge is 0.508 e. The Kier molecular flexibility index (Phi) is 17.2. The van der Waals surface area contributed by atoms with Crippen LogP contribution in [-0.2, 0) is 61.2 Å². The van der Waals surface area contributed by atoms with Crippen LogP contribution >= 0.6 is 0 Å². The molecule has 0 atom stereocenters. The van der Waals surface area contributed by atoms with Crippen LogP contribution in [0.4, 0.5) is 49.4 Å². The van der Waals surface area contributed by atoms with Crippen molar-refractivity contribution in [2.45, 2.75) is 63.7 Å². The molecule has 1 heterocycles. The summed E-state index contributed by atoms with van der Waals surface area (Å²) in [6, 6.07) is 20.0. The van der Waals surface area contributed by atoms with E-state index in [9.17, 15) is 63.8 Å². The lowest BCUT2D eigenvalue weighted by molar-refractivity contribution is -0.129. The Labute approximate surface area is 481 Å². The Hall–Kier alpha value is -9.38. The molecule has 0 saturated heterocycles. The molecule has 2 aliphatic rings. The minimum absolute atomic E-state index is 0.0182. The fourth-order valence-corrected chi connectivity index (χ4v) is 11.8. The lowest BCUT2D eigenvalue weighted by Gasteiger charge is -2.23. The maximum absolute atomic E-state index is 14.1. The number of esters is 1. The molecule has 0 bridgehead atoms. The summed E-state index contributed by atoms with van der Waals surface area (Å²) in [4.78, 5) is 53.7. The van der Waals surface area contributed by atoms with Gasteiger partial charge in [-0.15, -0.1) is 0 Å². The number of carbonyl (C=O) groups is 4. The Bertz CT molecular complexity index is 4450. The number of methoxy groups -OCH3 is 1. The highest BCUT2D eigenvalue weighted by Gasteiger charge is 2.30. The van der Waals surface area contributed by atoms with Crippen LogP contribution in [0.2, 0.25) is 0 Å². The van der Waals surface area contributed by atoms with Crippen LogP contribution < -0.4 is 31.9 Å². The number of fused-ring (bicyclic) bond motifs is 2. The summed E-state index contributed by atoms with van der Waals surface area (Å²) in [6.45, 7) is 10.1. The first kappa shape index (κ1) is 60.7. The zero-order chi connectivity index (χ0) is 61.3. The molecule has 9 N–H and O–H groups in total. The number of hydrogen-bond acceptors (Lipinski definition) is 18. The molecule has 84 heavy (non-hydrogen) atoms. The first-order valence-corrected chi connectivity index (χ1v) is 29.4. The average Bonchev–Trinajstić information content (AvgIpc) is 1.56. The topological polar surface area (TPSA) is 365 Å². The van der Waals surface area contributed by atoms with E-state index in [1.54, 1.807) is 53.7 Å². The number of nitrogens with one attached hydrogen (secondary N) is 5. The molecule has 0 fully saturated rings. The zero-order valence-electron chi connectivity index (χ0n) is 45.9. The van der Waals surface area contributed by atoms with Crippen molar-refractivity contribution in [2.75, 3.05) is 40.8 Å². The van der Waals surface area contributed by atoms with Crippen LogP contribution in [0.3, 0.4) is 0 Å². The standard InChI is InChI=1S/C57H54N6O18S3/c1-28-17-30(3)53(62-56(68)58-36-13-15-44(65)34(19-36)25-80-27-64)32(5)51(28)60-42-23-46-40(20-35(42)26-82(70,71)72)50(38-11-9-10-12-48(38)83(73,74)75)41-22-49(84(76,77)79-8)43(24-47(41)81-46)61-52-29(2)18-31(4)54(33(52)6)63-57(69)59-37-14-16-45(66)39(21-37)55(67)78-7/h9-24,27,60,65-66H,25-26H2,1-8H3,(H2,58,62,68)(H2,59,63,69)(H,70,71,72)(H,73,74,75). The average molecular weight is 1210 g/mol. The van der Waals surface area contributed by atoms with Gasteiger partial charge in [0.05, 0.1) is 36.6 Å². The highest BCUT2D eigenvalue weighted by molar-refractivity contribution is 7.86. The summed E-state index contributed by atoms with van der Waals surface area (Å²) < 4.78 is 123. The summed E-state index contributed by atoms with van der Waals surface area (Å²) >= 11 is 0. The number of urea groups is 2. The van der Waals surface area contributed by atoms with Gasteiger partial charge >= 0.3 is 18.0 Å². The Morgan fingerprint density at radius 1 is 0.643 bits per heavy atom. The molecule has 24 nitrogen and oxygen atoms in total. The highest BCUT2D eigenvalue weighted by Crippen LogP contribution is 2.46. The van der Waals surface area contributed by atoms with Crippen molar-refractivity contribution in [1.82, 2.24) is 0 Å². The molecule has 27 heteroatoms. The summed E-state index contributed by atoms with van der Waals surface area (Å²) in [7, 11) is -12.7. The van der Waals surface area contributed by atoms with E-state index in [0.29, 0.717) is 44.8 Å². The van der Waals surface area contributed by atoms with Crippen molar-refractivity contribution in [3.05, 3.63) is 152 Å². The van der Waals surface area contributed by atoms with Crippen LogP contribution in [0.1, 0.15) is 54.9 Å². The van der Waals surface area contributed by atoms with Crippen LogP contribution in [0.15, 0.2) is 116 Å². The van der Waals surface area contributed by atoms with Gasteiger partial charge in [0.25, 0.3) is 36.8 Å². The van der Waals surface area contributed by atoms with E-state index in [4.69, 9.17) is 23.1 Å². The monoisotopic (exact) mass is 1210 g/mol. The highest BCUT2D eigenvalue weighted by atomic mass is 32.2. The van der Waals surface area contributed by atoms with Gasteiger partial charge in [0.15, 0.2) is 0 Å². The van der Waals surface area contributed by atoms with Gasteiger partial charge in [0, 0.05) is 62.5 Å². The van der Waals surface area contributed by atoms with Gasteiger partial charge in [0.2, 0.25) is 0 Å². The van der Waals surface area contributed by atoms with Gasteiger partial charge in [-0.2, -0.15) is 25.3 Å². The Morgan fingerprint density at radius 2 is 1.25 bits per heavy atom. The van der Waals surface area contributed by atoms with Crippen molar-refractivity contribution in [1.29, 1.82) is 0 Å². The third-order valence-electron chi connectivity index (χ3n) is 13.5. The molecule has 0 unspecified atom stereocenters. The van der Waals surface area contributed by atoms with Gasteiger partial charge in [-0.05, 0) is 135 Å². The summed E-state index contributed by atoms with van der Waals surface area (Å²) in [5, 5.41) is 34.2. The van der Waals surface area contributed by atoms with Crippen molar-refractivity contribution < 1.29 is 81.8 Å². The first-order valence-electron chi connectivity index (χ1n) is 24.9. The van der Waals surface area contributed by atoms with E-state index in [2.05, 4.69) is 26.6 Å². The number of anilines is 6. The summed E-state index contributed by atoms with van der Waals surface area (Å²) in [6.07, 6.45) is 0. The van der Waals surface area contributed by atoms with Gasteiger partial charge < -0.3 is 50.7 Å². The quantitative estimate of drug-likeness (QED) is 0.0102. The van der Waals surface area contributed by atoms with Gasteiger partial charge in [-0.3, -0.25) is 18.1 Å². The van der Waals surface area contributed by atoms with Crippen LogP contribution in [0, 0.1) is 41.5 Å². The van der Waals surface area contributed by atoms with E-state index in [1.165, 1.54) is 72.8 Å². The predicted molar refractivity (Wildman–Crippen MR) is 311 cm³/mol. The maximum Gasteiger partial charge on any atom is 0.341 e. The van der Waals surface area contributed by atoms with Crippen LogP contribution in [0.25, 0.3) is 33.4 Å². The molecule has 1 aliphatic heterocycles. The zero-order valence-corrected chi connectivity index (χ0v) is 48.4. The lowest BCUT2D eigenvalue weighted by Crippen LogP contribution is -2.21. The minimum atomic E-state index is -5.07. The summed E-state index contributed by atoms with van der Waals surface area (Å²) in [5.74, 6) is -2.59. The number of ether oxygens (including phenoxy) is 2. The Morgan fingerprint density at radius 3 is 1.87 bits per heavy atom. The molecule has 6 aromatic carbocycles. The SMILES string of the molecule is COC(=O)c1cc(NC(=O)Nc2c(C)cc(C)c(N=c3cc4oc5cc(Nc6c(C)cc(C)c(NC(=O)Nc7ccc(O)c(COC=O)c7)c6C)c(CS(=O)(=O)O)cc5c(-c5ccccc5S(=O)(=O)O)c-4cc3S(=O)(=O)OC)c2C)ccc1O. The second-order valence-corrected chi connectivity index (χ2v) is 23.8. The Balaban J connectivity index is 1.32. The summed E-state index contributed by atoms with van der Waals surface area (Å²) in [5.41, 5.74) is 3.91. The number of phenols is 2. The predicted octanol–water partition coefficient (Wildman–Crippen LogP) is 10.2. The van der Waals surface area contributed by atoms with Crippen molar-refractivity contribution in [2.24, 2.45) is 4.99 Å². The van der Waals surface area contributed by atoms with E-state index >= 15 is 0 Å². The minimum Gasteiger partial charge on any atom is -0.508 e. The number of amides is 4. The van der Waals surface area contributed by atoms with E-state index < -0.39 is 63.9 Å². The number of carbonyl (C=O) groups excluding carboxylic acids is 4. The van der Waals surface area contributed by atoms with Gasteiger partial charge in [-0.1, -0.05) is 30.3 Å². The second-order valence-electron chi connectivity index (χ2n) is 19.2. The molecular weight excluding hydrogens is 1150 g/mol. The van der Waals surface area contributed by atoms with Crippen molar-refractivity contribution in [3.63, 3.8) is 0 Å². The van der Waals surface area contributed by atoms with Gasteiger partial charge in [-0.25, -0.2) is 19.4 Å². The molecule has 8 rings (SSSR count). The van der Waals surface area contributed by atoms with Crippen molar-refractivity contribution in [3.8, 4) is 33.9 Å². The molecular formula is C57H54N6O18S3. The lowest BCUT2D eigenvalue weighted by atomic mass is 9.92. The number of phenolic OH excluding ortho intramolecular Hbond substituents is 2. The maximum atomic E-state index is 14.1. The van der Waals surface area contributed by atoms with E-state index in [0.717, 1.165) is 26.4 Å². The number of aromatic hydroxyl groups is 2. The third-order valence-corrected chi connectivity index (χ3v) is 16.4. The molecule has 0 aromatic heterocycles. The van der Waals surface area contributed by atoms with Crippen molar-refractivity contribution >= 4 is 106 Å². The molecule has 0 spiro atoms. The number of aryl methyl sites for hydroxylation is 4. The first-order chi connectivity index (χ1) is 39.5. The molecule has 0 radical (unpaired) electrons. The number of hydrogen-bond donors (Lipinski definition) is 9. The molecule has 4 amide bonds. The molecule has 1 aliphatic carbocycles. The van der Waals surface area contributed by atoms with Gasteiger partial charge in [0.1, 0.15) is 50.6 Å². The van der Waals surface area contributed by atoms with Crippen LogP contribution in [-0.4, -0.2) is 83.3 Å². The fraction of sp³-hybridized carbons (Fsp3) is 0.175. The number of nitrogens with zero attached hydrogens (tertiary/aromatic N) is 1. The van der Waals surface area contributed by atoms with E-state index in [1.807, 2.05) is 0 Å². The third kappa shape index (κ3) is 12.9. The van der Waals surface area contributed by atoms with Crippen LogP contribution in [0.5, 0.6) is 11.5 Å².